The van der Waals surface area contributed by atoms with Gasteiger partial charge in [0.1, 0.15) is 0 Å². The number of hydrogen-bond donors (Lipinski definition) is 1. The van der Waals surface area contributed by atoms with Crippen molar-refractivity contribution in [2.45, 2.75) is 45.1 Å². The fourth-order valence-electron chi connectivity index (χ4n) is 2.99. The highest BCUT2D eigenvalue weighted by atomic mass is 32.2. The third-order valence-electron chi connectivity index (χ3n) is 4.61. The van der Waals surface area contributed by atoms with Gasteiger partial charge in [-0.25, -0.2) is 8.42 Å². The fraction of sp³-hybridized carbons (Fsp3) is 0.625. The van der Waals surface area contributed by atoms with Crippen LogP contribution in [0.15, 0.2) is 23.1 Å². The summed E-state index contributed by atoms with van der Waals surface area (Å²) in [5, 5.41) is 0. The first-order valence-corrected chi connectivity index (χ1v) is 9.10. The maximum absolute atomic E-state index is 12.7. The van der Waals surface area contributed by atoms with Gasteiger partial charge >= 0.3 is 0 Å². The Morgan fingerprint density at radius 1 is 1.29 bits per heavy atom. The van der Waals surface area contributed by atoms with Crippen LogP contribution in [0.25, 0.3) is 0 Å². The quantitative estimate of drug-likeness (QED) is 0.929. The molecule has 1 saturated heterocycles. The zero-order chi connectivity index (χ0) is 15.6. The van der Waals surface area contributed by atoms with Gasteiger partial charge < -0.3 is 5.73 Å². The van der Waals surface area contributed by atoms with Crippen molar-refractivity contribution in [3.05, 3.63) is 29.3 Å². The van der Waals surface area contributed by atoms with Gasteiger partial charge in [0.25, 0.3) is 0 Å². The number of aryl methyl sites for hydroxylation is 1. The molecule has 1 aliphatic heterocycles. The molecule has 21 heavy (non-hydrogen) atoms. The first-order valence-electron chi connectivity index (χ1n) is 7.66. The first-order chi connectivity index (χ1) is 9.86. The normalized spacial score (nSPS) is 18.3. The molecule has 0 saturated carbocycles. The van der Waals surface area contributed by atoms with Crippen LogP contribution < -0.4 is 5.73 Å². The van der Waals surface area contributed by atoms with E-state index < -0.39 is 10.0 Å². The zero-order valence-corrected chi connectivity index (χ0v) is 14.0. The monoisotopic (exact) mass is 310 g/mol. The van der Waals surface area contributed by atoms with Crippen LogP contribution in [-0.2, 0) is 16.6 Å². The summed E-state index contributed by atoms with van der Waals surface area (Å²) in [7, 11) is -3.37. The van der Waals surface area contributed by atoms with Crippen molar-refractivity contribution in [3.63, 3.8) is 0 Å². The van der Waals surface area contributed by atoms with Gasteiger partial charge in [-0.2, -0.15) is 4.31 Å². The van der Waals surface area contributed by atoms with E-state index in [4.69, 9.17) is 5.73 Å². The van der Waals surface area contributed by atoms with Gasteiger partial charge in [0.2, 0.25) is 10.0 Å². The lowest BCUT2D eigenvalue weighted by Crippen LogP contribution is -2.39. The highest BCUT2D eigenvalue weighted by Gasteiger charge is 2.30. The number of nitrogens with two attached hydrogens (primary N) is 1. The van der Waals surface area contributed by atoms with Crippen LogP contribution in [0.1, 0.15) is 37.8 Å². The molecule has 0 amide bonds. The van der Waals surface area contributed by atoms with Crippen LogP contribution >= 0.6 is 0 Å². The average molecular weight is 310 g/mol. The largest absolute Gasteiger partial charge is 0.326 e. The minimum absolute atomic E-state index is 0.389. The second-order valence-electron chi connectivity index (χ2n) is 6.28. The molecule has 0 spiro atoms. The Balaban J connectivity index is 2.17. The van der Waals surface area contributed by atoms with Crippen molar-refractivity contribution in [2.24, 2.45) is 17.6 Å². The summed E-state index contributed by atoms with van der Waals surface area (Å²) in [5.74, 6) is 1.26. The van der Waals surface area contributed by atoms with E-state index in [1.54, 1.807) is 16.4 Å². The Bertz CT molecular complexity index is 588. The molecule has 1 aromatic rings. The Morgan fingerprint density at radius 2 is 1.90 bits per heavy atom. The summed E-state index contributed by atoms with van der Waals surface area (Å²) in [6.45, 7) is 8.03. The lowest BCUT2D eigenvalue weighted by atomic mass is 9.87. The lowest BCUT2D eigenvalue weighted by Gasteiger charge is -2.33. The summed E-state index contributed by atoms with van der Waals surface area (Å²) in [4.78, 5) is 0.389. The molecule has 118 valence electrons. The van der Waals surface area contributed by atoms with E-state index >= 15 is 0 Å². The molecular formula is C16H26N2O2S. The number of sulfonamides is 1. The second-order valence-corrected chi connectivity index (χ2v) is 8.22. The third-order valence-corrected chi connectivity index (χ3v) is 6.51. The molecule has 2 rings (SSSR count). The summed E-state index contributed by atoms with van der Waals surface area (Å²) in [6, 6.07) is 5.24. The van der Waals surface area contributed by atoms with Crippen LogP contribution in [0.2, 0.25) is 0 Å². The van der Waals surface area contributed by atoms with Crippen molar-refractivity contribution in [3.8, 4) is 0 Å². The van der Waals surface area contributed by atoms with Crippen LogP contribution in [0, 0.1) is 18.8 Å². The maximum atomic E-state index is 12.7. The average Bonchev–Trinajstić information content (AvgIpc) is 2.47. The zero-order valence-electron chi connectivity index (χ0n) is 13.2. The van der Waals surface area contributed by atoms with Gasteiger partial charge in [0.15, 0.2) is 0 Å². The minimum Gasteiger partial charge on any atom is -0.326 e. The van der Waals surface area contributed by atoms with Crippen molar-refractivity contribution < 1.29 is 8.42 Å². The van der Waals surface area contributed by atoms with Crippen molar-refractivity contribution >= 4 is 10.0 Å². The van der Waals surface area contributed by atoms with E-state index in [2.05, 4.69) is 13.8 Å². The van der Waals surface area contributed by atoms with Crippen LogP contribution in [-0.4, -0.2) is 25.8 Å². The van der Waals surface area contributed by atoms with E-state index in [9.17, 15) is 8.42 Å². The molecule has 0 bridgehead atoms. The minimum atomic E-state index is -3.37. The van der Waals surface area contributed by atoms with E-state index in [1.807, 2.05) is 13.0 Å². The number of hydrogen-bond acceptors (Lipinski definition) is 3. The molecule has 5 heteroatoms. The Morgan fingerprint density at radius 3 is 2.38 bits per heavy atom. The van der Waals surface area contributed by atoms with E-state index in [0.717, 1.165) is 24.0 Å². The molecule has 1 aliphatic rings. The summed E-state index contributed by atoms with van der Waals surface area (Å²) in [5.41, 5.74) is 7.57. The standard InChI is InChI=1S/C16H26N2O2S/c1-12(2)14-6-8-18(9-7-14)21(19,20)16-5-4-15(11-17)13(3)10-16/h4-5,10,12,14H,6-9,11,17H2,1-3H3. The van der Waals surface area contributed by atoms with Crippen molar-refractivity contribution in [1.29, 1.82) is 0 Å². The van der Waals surface area contributed by atoms with Gasteiger partial charge in [-0.1, -0.05) is 19.9 Å². The number of rotatable bonds is 4. The van der Waals surface area contributed by atoms with Gasteiger partial charge in [-0.05, 0) is 54.9 Å². The topological polar surface area (TPSA) is 63.4 Å². The van der Waals surface area contributed by atoms with Crippen LogP contribution in [0.4, 0.5) is 0 Å². The molecule has 1 aromatic carbocycles. The Labute approximate surface area is 128 Å². The van der Waals surface area contributed by atoms with Crippen molar-refractivity contribution in [2.75, 3.05) is 13.1 Å². The van der Waals surface area contributed by atoms with E-state index in [1.165, 1.54) is 0 Å². The molecule has 2 N–H and O–H groups in total. The SMILES string of the molecule is Cc1cc(S(=O)(=O)N2CCC(C(C)C)CC2)ccc1CN. The van der Waals surface area contributed by atoms with Gasteiger partial charge in [0, 0.05) is 19.6 Å². The number of nitrogens with zero attached hydrogens (tertiary/aromatic N) is 1. The number of piperidine rings is 1. The van der Waals surface area contributed by atoms with Gasteiger partial charge in [-0.3, -0.25) is 0 Å². The maximum Gasteiger partial charge on any atom is 0.243 e. The molecule has 0 aromatic heterocycles. The third kappa shape index (κ3) is 3.47. The predicted octanol–water partition coefficient (Wildman–Crippen LogP) is 2.51. The molecule has 0 unspecified atom stereocenters. The van der Waals surface area contributed by atoms with E-state index in [-0.39, 0.29) is 0 Å². The van der Waals surface area contributed by atoms with Crippen molar-refractivity contribution in [1.82, 2.24) is 4.31 Å². The highest BCUT2D eigenvalue weighted by molar-refractivity contribution is 7.89. The summed E-state index contributed by atoms with van der Waals surface area (Å²) < 4.78 is 27.0. The van der Waals surface area contributed by atoms with Gasteiger partial charge in [-0.15, -0.1) is 0 Å². The molecule has 4 nitrogen and oxygen atoms in total. The molecule has 0 aliphatic carbocycles. The summed E-state index contributed by atoms with van der Waals surface area (Å²) >= 11 is 0. The molecule has 1 heterocycles. The summed E-state index contributed by atoms with van der Waals surface area (Å²) in [6.07, 6.45) is 1.91. The van der Waals surface area contributed by atoms with Crippen LogP contribution in [0.5, 0.6) is 0 Å². The smallest absolute Gasteiger partial charge is 0.243 e. The van der Waals surface area contributed by atoms with E-state index in [0.29, 0.717) is 36.4 Å². The second kappa shape index (κ2) is 6.46. The Kier molecular flexibility index (Phi) is 5.07. The molecule has 0 radical (unpaired) electrons. The molecule has 1 fully saturated rings. The van der Waals surface area contributed by atoms with Gasteiger partial charge in [0.05, 0.1) is 4.90 Å². The lowest BCUT2D eigenvalue weighted by molar-refractivity contribution is 0.226. The first kappa shape index (κ1) is 16.5. The van der Waals surface area contributed by atoms with Crippen LogP contribution in [0.3, 0.4) is 0 Å². The number of benzene rings is 1. The predicted molar refractivity (Wildman–Crippen MR) is 85.4 cm³/mol. The fourth-order valence-corrected chi connectivity index (χ4v) is 4.55. The molecule has 0 atom stereocenters. The molecular weight excluding hydrogens is 284 g/mol. The Hall–Kier alpha value is -0.910. The highest BCUT2D eigenvalue weighted by Crippen LogP contribution is 2.28.